The Bertz CT molecular complexity index is 539. The molecule has 0 aliphatic heterocycles. The van der Waals surface area contributed by atoms with E-state index in [1.54, 1.807) is 0 Å². The Kier molecular flexibility index (Phi) is 5.71. The highest BCUT2D eigenvalue weighted by Crippen LogP contribution is 2.33. The molecule has 0 heterocycles. The van der Waals surface area contributed by atoms with Crippen molar-refractivity contribution >= 4 is 42.6 Å². The fourth-order valence-electron chi connectivity index (χ4n) is 2.15. The van der Waals surface area contributed by atoms with Crippen LogP contribution in [0.3, 0.4) is 0 Å². The Balaban J connectivity index is 2.14. The van der Waals surface area contributed by atoms with Crippen molar-refractivity contribution in [2.45, 2.75) is 19.8 Å². The molecular weight excluding hydrogens is 368 g/mol. The summed E-state index contributed by atoms with van der Waals surface area (Å²) in [6, 6.07) is 12.5. The predicted molar refractivity (Wildman–Crippen MR) is 89.3 cm³/mol. The zero-order chi connectivity index (χ0) is 13.7. The van der Waals surface area contributed by atoms with Gasteiger partial charge in [0.05, 0.1) is 11.1 Å². The summed E-state index contributed by atoms with van der Waals surface area (Å²) >= 11 is 7.21. The van der Waals surface area contributed by atoms with Crippen LogP contribution in [0.1, 0.15) is 19.8 Å². The van der Waals surface area contributed by atoms with Crippen LogP contribution in [-0.2, 0) is 0 Å². The van der Waals surface area contributed by atoms with Gasteiger partial charge in [0.2, 0.25) is 0 Å². The van der Waals surface area contributed by atoms with Crippen molar-refractivity contribution in [2.75, 3.05) is 11.9 Å². The molecule has 0 bridgehead atoms. The molecule has 1 nitrogen and oxygen atoms in total. The summed E-state index contributed by atoms with van der Waals surface area (Å²) in [5.41, 5.74) is 0. The molecule has 2 aromatic rings. The van der Waals surface area contributed by atoms with Gasteiger partial charge < -0.3 is 4.74 Å². The molecule has 3 heteroatoms. The second-order valence-corrected chi connectivity index (χ2v) is 6.16. The van der Waals surface area contributed by atoms with Crippen LogP contribution < -0.4 is 4.74 Å². The van der Waals surface area contributed by atoms with Gasteiger partial charge in [0, 0.05) is 11.2 Å². The number of hydrogen-bond acceptors (Lipinski definition) is 1. The molecule has 2 rings (SSSR count). The van der Waals surface area contributed by atoms with Gasteiger partial charge in [0.15, 0.2) is 0 Å². The summed E-state index contributed by atoms with van der Waals surface area (Å²) in [4.78, 5) is 0. The molecule has 0 fully saturated rings. The number of fused-ring (bicyclic) bond motifs is 1. The molecule has 0 amide bonds. The molecule has 1 atom stereocenters. The van der Waals surface area contributed by atoms with Gasteiger partial charge in [0.25, 0.3) is 0 Å². The lowest BCUT2D eigenvalue weighted by atomic mass is 10.1. The monoisotopic (exact) mass is 384 g/mol. The number of benzene rings is 2. The molecule has 0 radical (unpaired) electrons. The molecule has 102 valence electrons. The van der Waals surface area contributed by atoms with Crippen LogP contribution in [0.4, 0.5) is 0 Å². The predicted octanol–water partition coefficient (Wildman–Crippen LogP) is 5.79. The Labute approximate surface area is 131 Å². The van der Waals surface area contributed by atoms with E-state index in [4.69, 9.17) is 4.74 Å². The second kappa shape index (κ2) is 7.30. The molecule has 1 unspecified atom stereocenters. The summed E-state index contributed by atoms with van der Waals surface area (Å²) < 4.78 is 7.02. The van der Waals surface area contributed by atoms with Crippen molar-refractivity contribution in [1.82, 2.24) is 0 Å². The van der Waals surface area contributed by atoms with E-state index in [9.17, 15) is 0 Å². The highest BCUT2D eigenvalue weighted by Gasteiger charge is 2.10. The summed E-state index contributed by atoms with van der Waals surface area (Å²) in [5, 5.41) is 3.42. The molecule has 0 saturated heterocycles. The average Bonchev–Trinajstić information content (AvgIpc) is 2.45. The third kappa shape index (κ3) is 3.73. The van der Waals surface area contributed by atoms with Crippen molar-refractivity contribution in [3.8, 4) is 5.75 Å². The van der Waals surface area contributed by atoms with Crippen LogP contribution in [-0.4, -0.2) is 11.9 Å². The zero-order valence-electron chi connectivity index (χ0n) is 11.0. The van der Waals surface area contributed by atoms with Crippen molar-refractivity contribution in [3.63, 3.8) is 0 Å². The third-order valence-electron chi connectivity index (χ3n) is 3.22. The number of halogens is 2. The Morgan fingerprint density at radius 3 is 2.68 bits per heavy atom. The summed E-state index contributed by atoms with van der Waals surface area (Å²) in [7, 11) is 0. The van der Waals surface area contributed by atoms with Gasteiger partial charge >= 0.3 is 0 Å². The van der Waals surface area contributed by atoms with Crippen LogP contribution in [0, 0.1) is 5.92 Å². The summed E-state index contributed by atoms with van der Waals surface area (Å²) in [6.45, 7) is 2.97. The molecule has 0 aliphatic carbocycles. The Morgan fingerprint density at radius 2 is 1.95 bits per heavy atom. The van der Waals surface area contributed by atoms with Crippen LogP contribution in [0.2, 0.25) is 0 Å². The van der Waals surface area contributed by atoms with Crippen molar-refractivity contribution in [3.05, 3.63) is 40.9 Å². The lowest BCUT2D eigenvalue weighted by Gasteiger charge is -2.16. The van der Waals surface area contributed by atoms with Gasteiger partial charge in [-0.3, -0.25) is 0 Å². The van der Waals surface area contributed by atoms with E-state index in [0.717, 1.165) is 22.2 Å². The zero-order valence-corrected chi connectivity index (χ0v) is 14.2. The van der Waals surface area contributed by atoms with Gasteiger partial charge in [-0.1, -0.05) is 59.6 Å². The summed E-state index contributed by atoms with van der Waals surface area (Å²) in [6.07, 6.45) is 2.38. The highest BCUT2D eigenvalue weighted by atomic mass is 79.9. The van der Waals surface area contributed by atoms with Gasteiger partial charge in [-0.05, 0) is 39.2 Å². The van der Waals surface area contributed by atoms with Crippen molar-refractivity contribution in [2.24, 2.45) is 5.92 Å². The first-order chi connectivity index (χ1) is 9.26. The smallest absolute Gasteiger partial charge is 0.134 e. The fraction of sp³-hybridized carbons (Fsp3) is 0.375. The van der Waals surface area contributed by atoms with Crippen molar-refractivity contribution in [1.29, 1.82) is 0 Å². The van der Waals surface area contributed by atoms with Crippen molar-refractivity contribution < 1.29 is 4.74 Å². The minimum absolute atomic E-state index is 0.573. The van der Waals surface area contributed by atoms with E-state index < -0.39 is 0 Å². The SMILES string of the molecule is CCCC(CBr)COc1ccc2ccccc2c1Br. The van der Waals surface area contributed by atoms with Crippen LogP contribution in [0.15, 0.2) is 40.9 Å². The maximum absolute atomic E-state index is 5.97. The molecular formula is C16H18Br2O. The first kappa shape index (κ1) is 14.9. The topological polar surface area (TPSA) is 9.23 Å². The Hall–Kier alpha value is -0.540. The number of alkyl halides is 1. The van der Waals surface area contributed by atoms with Gasteiger partial charge in [-0.2, -0.15) is 0 Å². The van der Waals surface area contributed by atoms with Gasteiger partial charge in [-0.25, -0.2) is 0 Å². The molecule has 19 heavy (non-hydrogen) atoms. The van der Waals surface area contributed by atoms with Crippen LogP contribution in [0.5, 0.6) is 5.75 Å². The van der Waals surface area contributed by atoms with E-state index in [2.05, 4.69) is 69.1 Å². The van der Waals surface area contributed by atoms with Crippen LogP contribution >= 0.6 is 31.9 Å². The van der Waals surface area contributed by atoms with E-state index in [0.29, 0.717) is 5.92 Å². The van der Waals surface area contributed by atoms with E-state index in [1.165, 1.54) is 23.6 Å². The number of hydrogen-bond donors (Lipinski definition) is 0. The lowest BCUT2D eigenvalue weighted by molar-refractivity contribution is 0.254. The number of ether oxygens (including phenoxy) is 1. The fourth-order valence-corrected chi connectivity index (χ4v) is 3.26. The van der Waals surface area contributed by atoms with Gasteiger partial charge in [0.1, 0.15) is 5.75 Å². The first-order valence-electron chi connectivity index (χ1n) is 6.62. The minimum atomic E-state index is 0.573. The van der Waals surface area contributed by atoms with Gasteiger partial charge in [-0.15, -0.1) is 0 Å². The quantitative estimate of drug-likeness (QED) is 0.571. The molecule has 0 spiro atoms. The van der Waals surface area contributed by atoms with E-state index in [-0.39, 0.29) is 0 Å². The third-order valence-corrected chi connectivity index (χ3v) is 4.95. The Morgan fingerprint density at radius 1 is 1.16 bits per heavy atom. The standard InChI is InChI=1S/C16H18Br2O/c1-2-5-12(10-17)11-19-15-9-8-13-6-3-4-7-14(13)16(15)18/h3-4,6-9,12H,2,5,10-11H2,1H3. The lowest BCUT2D eigenvalue weighted by Crippen LogP contribution is -2.13. The molecule has 0 aliphatic rings. The largest absolute Gasteiger partial charge is 0.492 e. The average molecular weight is 386 g/mol. The molecule has 0 N–H and O–H groups in total. The maximum atomic E-state index is 5.97. The first-order valence-corrected chi connectivity index (χ1v) is 8.53. The highest BCUT2D eigenvalue weighted by molar-refractivity contribution is 9.10. The second-order valence-electron chi connectivity index (χ2n) is 4.72. The van der Waals surface area contributed by atoms with Crippen LogP contribution in [0.25, 0.3) is 10.8 Å². The number of rotatable bonds is 6. The normalized spacial score (nSPS) is 12.6. The van der Waals surface area contributed by atoms with E-state index >= 15 is 0 Å². The molecule has 0 aromatic heterocycles. The molecule has 0 saturated carbocycles. The van der Waals surface area contributed by atoms with E-state index in [1.807, 2.05) is 6.07 Å². The maximum Gasteiger partial charge on any atom is 0.134 e. The minimum Gasteiger partial charge on any atom is -0.492 e. The summed E-state index contributed by atoms with van der Waals surface area (Å²) in [5.74, 6) is 1.50. The molecule has 2 aromatic carbocycles.